The molecule has 1 aliphatic heterocycles. The molecule has 2 aromatic rings. The van der Waals surface area contributed by atoms with Gasteiger partial charge in [0.05, 0.1) is 12.2 Å². The van der Waals surface area contributed by atoms with Gasteiger partial charge in [-0.15, -0.1) is 0 Å². The van der Waals surface area contributed by atoms with E-state index < -0.39 is 0 Å². The molecule has 0 unspecified atom stereocenters. The van der Waals surface area contributed by atoms with E-state index in [4.69, 9.17) is 9.26 Å². The van der Waals surface area contributed by atoms with Gasteiger partial charge in [-0.2, -0.15) is 0 Å². The number of amides is 1. The monoisotopic (exact) mass is 371 g/mol. The first-order valence-corrected chi connectivity index (χ1v) is 9.50. The minimum Gasteiger partial charge on any atom is -0.381 e. The summed E-state index contributed by atoms with van der Waals surface area (Å²) < 4.78 is 10.8. The van der Waals surface area contributed by atoms with Gasteiger partial charge in [-0.1, -0.05) is 35.5 Å². The van der Waals surface area contributed by atoms with Crippen LogP contribution >= 0.6 is 0 Å². The topological polar surface area (TPSA) is 67.6 Å². The summed E-state index contributed by atoms with van der Waals surface area (Å²) in [6.07, 6.45) is 1.85. The number of rotatable bonds is 7. The van der Waals surface area contributed by atoms with Crippen LogP contribution in [-0.2, 0) is 21.5 Å². The summed E-state index contributed by atoms with van der Waals surface area (Å²) in [7, 11) is 1.94. The van der Waals surface area contributed by atoms with E-state index in [1.165, 1.54) is 5.56 Å². The molecule has 1 fully saturated rings. The van der Waals surface area contributed by atoms with Gasteiger partial charge in [-0.3, -0.25) is 9.69 Å². The van der Waals surface area contributed by atoms with Gasteiger partial charge in [0.1, 0.15) is 5.76 Å². The molecule has 3 rings (SSSR count). The molecule has 2 heterocycles. The third-order valence-electron chi connectivity index (χ3n) is 5.48. The number of carbonyl (C=O) groups is 1. The van der Waals surface area contributed by atoms with Gasteiger partial charge in [0.2, 0.25) is 5.91 Å². The van der Waals surface area contributed by atoms with Crippen LogP contribution in [0.15, 0.2) is 34.9 Å². The lowest BCUT2D eigenvalue weighted by Gasteiger charge is -2.38. The van der Waals surface area contributed by atoms with E-state index in [2.05, 4.69) is 34.7 Å². The number of hydrogen-bond acceptors (Lipinski definition) is 5. The fraction of sp³-hybridized carbons (Fsp3) is 0.524. The molecule has 1 N–H and O–H groups in total. The molecule has 0 atom stereocenters. The molecule has 6 nitrogen and oxygen atoms in total. The highest BCUT2D eigenvalue weighted by atomic mass is 16.5. The Morgan fingerprint density at radius 1 is 1.22 bits per heavy atom. The summed E-state index contributed by atoms with van der Waals surface area (Å²) in [6.45, 7) is 6.91. The number of ether oxygens (including phenoxy) is 1. The Morgan fingerprint density at radius 3 is 2.56 bits per heavy atom. The highest BCUT2D eigenvalue weighted by Gasteiger charge is 2.34. The van der Waals surface area contributed by atoms with Crippen LogP contribution in [0.2, 0.25) is 0 Å². The summed E-state index contributed by atoms with van der Waals surface area (Å²) in [5, 5.41) is 7.13. The van der Waals surface area contributed by atoms with Crippen molar-refractivity contribution in [3.63, 3.8) is 0 Å². The lowest BCUT2D eigenvalue weighted by molar-refractivity contribution is -0.122. The minimum absolute atomic E-state index is 0.0334. The average Bonchev–Trinajstić information content (AvgIpc) is 3.00. The zero-order chi connectivity index (χ0) is 19.3. The molecular formula is C21H29N3O3. The van der Waals surface area contributed by atoms with Crippen LogP contribution in [0.4, 0.5) is 0 Å². The number of hydrogen-bond donors (Lipinski definition) is 1. The van der Waals surface area contributed by atoms with Crippen molar-refractivity contribution in [2.24, 2.45) is 0 Å². The molecular weight excluding hydrogens is 342 g/mol. The first-order valence-electron chi connectivity index (χ1n) is 9.50. The van der Waals surface area contributed by atoms with Crippen molar-refractivity contribution in [3.8, 4) is 0 Å². The molecule has 27 heavy (non-hydrogen) atoms. The van der Waals surface area contributed by atoms with Crippen LogP contribution in [0.1, 0.15) is 35.4 Å². The van der Waals surface area contributed by atoms with Gasteiger partial charge in [-0.25, -0.2) is 0 Å². The fourth-order valence-electron chi connectivity index (χ4n) is 3.74. The Kier molecular flexibility index (Phi) is 6.29. The maximum absolute atomic E-state index is 12.5. The number of benzene rings is 1. The van der Waals surface area contributed by atoms with Crippen LogP contribution in [0.25, 0.3) is 0 Å². The Morgan fingerprint density at radius 2 is 1.93 bits per heavy atom. The van der Waals surface area contributed by atoms with Crippen molar-refractivity contribution in [2.45, 2.75) is 38.6 Å². The van der Waals surface area contributed by atoms with Crippen molar-refractivity contribution >= 4 is 5.91 Å². The van der Waals surface area contributed by atoms with Crippen LogP contribution < -0.4 is 5.32 Å². The van der Waals surface area contributed by atoms with Gasteiger partial charge >= 0.3 is 0 Å². The lowest BCUT2D eigenvalue weighted by atomic mass is 9.74. The molecule has 146 valence electrons. The normalized spacial score (nSPS) is 16.4. The maximum atomic E-state index is 12.5. The molecule has 1 aliphatic rings. The van der Waals surface area contributed by atoms with Crippen LogP contribution in [0.3, 0.4) is 0 Å². The Balaban J connectivity index is 1.58. The Bertz CT molecular complexity index is 732. The quantitative estimate of drug-likeness (QED) is 0.810. The number of nitrogens with one attached hydrogen (secondary N) is 1. The smallest absolute Gasteiger partial charge is 0.234 e. The molecule has 0 radical (unpaired) electrons. The van der Waals surface area contributed by atoms with Crippen LogP contribution in [-0.4, -0.2) is 49.3 Å². The first-order chi connectivity index (χ1) is 13.0. The van der Waals surface area contributed by atoms with E-state index in [-0.39, 0.29) is 11.3 Å². The summed E-state index contributed by atoms with van der Waals surface area (Å²) in [5.74, 6) is 0.844. The van der Waals surface area contributed by atoms with E-state index in [0.29, 0.717) is 19.6 Å². The van der Waals surface area contributed by atoms with Gasteiger partial charge < -0.3 is 14.6 Å². The lowest BCUT2D eigenvalue weighted by Crippen LogP contribution is -2.46. The third kappa shape index (κ3) is 4.76. The van der Waals surface area contributed by atoms with Crippen LogP contribution in [0, 0.1) is 13.8 Å². The van der Waals surface area contributed by atoms with Crippen molar-refractivity contribution in [1.82, 2.24) is 15.4 Å². The van der Waals surface area contributed by atoms with E-state index in [9.17, 15) is 4.79 Å². The van der Waals surface area contributed by atoms with Gasteiger partial charge in [0, 0.05) is 37.3 Å². The van der Waals surface area contributed by atoms with Gasteiger partial charge in [0.25, 0.3) is 0 Å². The van der Waals surface area contributed by atoms with Crippen molar-refractivity contribution in [1.29, 1.82) is 0 Å². The van der Waals surface area contributed by atoms with E-state index >= 15 is 0 Å². The second-order valence-corrected chi connectivity index (χ2v) is 7.51. The predicted octanol–water partition coefficient (Wildman–Crippen LogP) is 2.59. The van der Waals surface area contributed by atoms with E-state index in [1.807, 2.05) is 31.9 Å². The van der Waals surface area contributed by atoms with Crippen molar-refractivity contribution in [3.05, 3.63) is 52.9 Å². The number of carbonyl (C=O) groups excluding carboxylic acids is 1. The largest absolute Gasteiger partial charge is 0.381 e. The van der Waals surface area contributed by atoms with Crippen LogP contribution in [0.5, 0.6) is 0 Å². The number of likely N-dealkylation sites (N-methyl/N-ethyl adjacent to an activating group) is 1. The number of nitrogens with zero attached hydrogens (tertiary/aromatic N) is 2. The van der Waals surface area contributed by atoms with Gasteiger partial charge in [-0.05, 0) is 39.3 Å². The number of aryl methyl sites for hydroxylation is 2. The molecule has 1 aromatic carbocycles. The molecule has 0 spiro atoms. The maximum Gasteiger partial charge on any atom is 0.234 e. The molecule has 1 aromatic heterocycles. The highest BCUT2D eigenvalue weighted by Crippen LogP contribution is 2.34. The SMILES string of the molecule is Cc1noc(C)c1CN(C)CC(=O)NCC1(c2ccccc2)CCOCC1. The molecule has 0 bridgehead atoms. The molecule has 1 amide bonds. The molecule has 0 saturated carbocycles. The molecule has 1 saturated heterocycles. The Hall–Kier alpha value is -2.18. The minimum atomic E-state index is -0.0462. The summed E-state index contributed by atoms with van der Waals surface area (Å²) in [5.41, 5.74) is 3.16. The summed E-state index contributed by atoms with van der Waals surface area (Å²) >= 11 is 0. The van der Waals surface area contributed by atoms with Crippen molar-refractivity contribution < 1.29 is 14.1 Å². The van der Waals surface area contributed by atoms with E-state index in [0.717, 1.165) is 43.1 Å². The highest BCUT2D eigenvalue weighted by molar-refractivity contribution is 5.78. The zero-order valence-electron chi connectivity index (χ0n) is 16.5. The Labute approximate surface area is 160 Å². The van der Waals surface area contributed by atoms with Gasteiger partial charge in [0.15, 0.2) is 0 Å². The summed E-state index contributed by atoms with van der Waals surface area (Å²) in [4.78, 5) is 14.5. The molecule has 0 aliphatic carbocycles. The second kappa shape index (κ2) is 8.67. The average molecular weight is 371 g/mol. The second-order valence-electron chi connectivity index (χ2n) is 7.51. The van der Waals surface area contributed by atoms with Crippen molar-refractivity contribution in [2.75, 3.05) is 33.4 Å². The zero-order valence-corrected chi connectivity index (χ0v) is 16.5. The summed E-state index contributed by atoms with van der Waals surface area (Å²) in [6, 6.07) is 10.5. The van der Waals surface area contributed by atoms with E-state index in [1.54, 1.807) is 0 Å². The number of aromatic nitrogens is 1. The third-order valence-corrected chi connectivity index (χ3v) is 5.48. The predicted molar refractivity (Wildman–Crippen MR) is 103 cm³/mol. The fourth-order valence-corrected chi connectivity index (χ4v) is 3.74. The first kappa shape index (κ1) is 19.6. The molecule has 6 heteroatoms. The standard InChI is InChI=1S/C21H29N3O3/c1-16-19(17(2)27-23-16)13-24(3)14-20(25)22-15-21(9-11-26-12-10-21)18-7-5-4-6-8-18/h4-8H,9-15H2,1-3H3,(H,22,25).